The standard InChI is InChI=1S/C32H43F2N7O5/c1-31(2,3)46-30(44)37-21-13-11-20(12-14-21)36-27(42)19-10-15-23(25(16-19)45-5)38-29-35-17-24-26(39-29)41(22-8-6-7-9-22)18-32(33,34)28(43)40(24)4/h10,15-17,20-22H,6-9,11-14,18H2,1-5H3,(H,36,42)(H,37,44)(H,35,38,39)/t20-,21+. The van der Waals surface area contributed by atoms with Crippen molar-refractivity contribution < 1.29 is 32.6 Å². The summed E-state index contributed by atoms with van der Waals surface area (Å²) < 4.78 is 40.7. The maximum absolute atomic E-state index is 14.9. The quantitative estimate of drug-likeness (QED) is 0.374. The Morgan fingerprint density at radius 3 is 2.30 bits per heavy atom. The lowest BCUT2D eigenvalue weighted by Gasteiger charge is -2.31. The molecular formula is C32H43F2N7O5. The number of amides is 3. The van der Waals surface area contributed by atoms with Crippen LogP contribution in [0, 0.1) is 0 Å². The Morgan fingerprint density at radius 2 is 1.67 bits per heavy atom. The molecule has 0 spiro atoms. The number of nitrogens with one attached hydrogen (secondary N) is 3. The highest BCUT2D eigenvalue weighted by Crippen LogP contribution is 2.40. The first-order chi connectivity index (χ1) is 21.7. The molecule has 2 saturated carbocycles. The molecule has 1 aromatic carbocycles. The van der Waals surface area contributed by atoms with Gasteiger partial charge in [0.25, 0.3) is 11.8 Å². The van der Waals surface area contributed by atoms with E-state index in [0.29, 0.717) is 29.8 Å². The van der Waals surface area contributed by atoms with Gasteiger partial charge in [0.2, 0.25) is 5.95 Å². The Labute approximate surface area is 267 Å². The van der Waals surface area contributed by atoms with Gasteiger partial charge in [-0.2, -0.15) is 13.8 Å². The van der Waals surface area contributed by atoms with Crippen LogP contribution in [-0.4, -0.2) is 78.2 Å². The molecule has 1 aromatic heterocycles. The van der Waals surface area contributed by atoms with E-state index in [1.807, 2.05) is 20.8 Å². The average Bonchev–Trinajstić information content (AvgIpc) is 3.52. The highest BCUT2D eigenvalue weighted by Gasteiger charge is 2.48. The predicted octanol–water partition coefficient (Wildman–Crippen LogP) is 5.16. The van der Waals surface area contributed by atoms with Crippen LogP contribution in [0.4, 0.5) is 36.7 Å². The molecule has 0 unspecified atom stereocenters. The first-order valence-corrected chi connectivity index (χ1v) is 15.8. The number of carbonyl (C=O) groups excluding carboxylic acids is 3. The number of alkyl halides is 2. The molecule has 0 radical (unpaired) electrons. The topological polar surface area (TPSA) is 138 Å². The minimum Gasteiger partial charge on any atom is -0.495 e. The third kappa shape index (κ3) is 7.59. The van der Waals surface area contributed by atoms with Crippen LogP contribution in [0.25, 0.3) is 0 Å². The summed E-state index contributed by atoms with van der Waals surface area (Å²) in [5.41, 5.74) is 0.523. The van der Waals surface area contributed by atoms with E-state index in [1.54, 1.807) is 23.1 Å². The van der Waals surface area contributed by atoms with Crippen molar-refractivity contribution in [3.63, 3.8) is 0 Å². The van der Waals surface area contributed by atoms with Gasteiger partial charge in [-0.05, 0) is 77.5 Å². The molecule has 3 N–H and O–H groups in total. The highest BCUT2D eigenvalue weighted by atomic mass is 19.3. The van der Waals surface area contributed by atoms with Crippen LogP contribution in [0.15, 0.2) is 24.4 Å². The zero-order valence-electron chi connectivity index (χ0n) is 27.0. The van der Waals surface area contributed by atoms with Crippen molar-refractivity contribution in [2.75, 3.05) is 35.8 Å². The molecule has 2 aliphatic carbocycles. The van der Waals surface area contributed by atoms with Gasteiger partial charge in [-0.15, -0.1) is 0 Å². The Hall–Kier alpha value is -4.23. The molecule has 2 aromatic rings. The fourth-order valence-electron chi connectivity index (χ4n) is 6.29. The monoisotopic (exact) mass is 643 g/mol. The van der Waals surface area contributed by atoms with E-state index in [4.69, 9.17) is 9.47 Å². The molecule has 250 valence electrons. The number of aromatic nitrogens is 2. The number of hydrogen-bond donors (Lipinski definition) is 3. The van der Waals surface area contributed by atoms with Crippen molar-refractivity contribution in [3.8, 4) is 5.75 Å². The first kappa shape index (κ1) is 33.1. The molecule has 0 bridgehead atoms. The van der Waals surface area contributed by atoms with Gasteiger partial charge in [0.15, 0.2) is 5.82 Å². The maximum Gasteiger partial charge on any atom is 0.407 e. The van der Waals surface area contributed by atoms with Crippen molar-refractivity contribution in [2.24, 2.45) is 0 Å². The summed E-state index contributed by atoms with van der Waals surface area (Å²) >= 11 is 0. The first-order valence-electron chi connectivity index (χ1n) is 15.8. The van der Waals surface area contributed by atoms with E-state index in [9.17, 15) is 23.2 Å². The number of hydrogen-bond acceptors (Lipinski definition) is 9. The molecule has 46 heavy (non-hydrogen) atoms. The number of ether oxygens (including phenoxy) is 2. The molecule has 5 rings (SSSR count). The average molecular weight is 644 g/mol. The third-order valence-corrected chi connectivity index (χ3v) is 8.63. The van der Waals surface area contributed by atoms with Crippen molar-refractivity contribution in [2.45, 2.75) is 102 Å². The molecule has 12 nitrogen and oxygen atoms in total. The largest absolute Gasteiger partial charge is 0.495 e. The van der Waals surface area contributed by atoms with Gasteiger partial charge < -0.3 is 35.2 Å². The van der Waals surface area contributed by atoms with Crippen LogP contribution in [0.1, 0.15) is 82.5 Å². The smallest absolute Gasteiger partial charge is 0.407 e. The van der Waals surface area contributed by atoms with Crippen molar-refractivity contribution in [3.05, 3.63) is 30.0 Å². The second kappa shape index (κ2) is 13.2. The van der Waals surface area contributed by atoms with E-state index in [-0.39, 0.29) is 41.5 Å². The van der Waals surface area contributed by atoms with Crippen LogP contribution in [0.2, 0.25) is 0 Å². The van der Waals surface area contributed by atoms with Crippen LogP contribution in [0.3, 0.4) is 0 Å². The Morgan fingerprint density at radius 1 is 1.02 bits per heavy atom. The number of fused-ring (bicyclic) bond motifs is 1. The van der Waals surface area contributed by atoms with Gasteiger partial charge in [-0.3, -0.25) is 9.59 Å². The molecule has 3 aliphatic rings. The van der Waals surface area contributed by atoms with E-state index >= 15 is 0 Å². The van der Waals surface area contributed by atoms with Crippen molar-refractivity contribution in [1.82, 2.24) is 20.6 Å². The van der Waals surface area contributed by atoms with E-state index in [2.05, 4.69) is 25.9 Å². The molecule has 2 heterocycles. The third-order valence-electron chi connectivity index (χ3n) is 8.63. The molecule has 1 aliphatic heterocycles. The van der Waals surface area contributed by atoms with Crippen LogP contribution < -0.4 is 30.5 Å². The number of anilines is 4. The SMILES string of the molecule is COc1cc(C(=O)N[C@H]2CC[C@@H](NC(=O)OC(C)(C)C)CC2)ccc1Nc1ncc2c(n1)N(C1CCCC1)CC(F)(F)C(=O)N2C. The lowest BCUT2D eigenvalue weighted by Crippen LogP contribution is -2.48. The fraction of sp³-hybridized carbons (Fsp3) is 0.594. The summed E-state index contributed by atoms with van der Waals surface area (Å²) in [6, 6.07) is 4.72. The van der Waals surface area contributed by atoms with E-state index in [1.165, 1.54) is 20.4 Å². The van der Waals surface area contributed by atoms with Gasteiger partial charge >= 0.3 is 12.0 Å². The van der Waals surface area contributed by atoms with E-state index < -0.39 is 30.1 Å². The Kier molecular flexibility index (Phi) is 9.54. The number of alkyl carbamates (subject to hydrolysis) is 1. The van der Waals surface area contributed by atoms with Crippen LogP contribution in [-0.2, 0) is 9.53 Å². The zero-order chi connectivity index (χ0) is 33.2. The minimum absolute atomic E-state index is 0.00809. The number of nitrogens with zero attached hydrogens (tertiary/aromatic N) is 4. The molecule has 2 fully saturated rings. The Balaban J connectivity index is 1.26. The molecule has 0 atom stereocenters. The molecule has 14 heteroatoms. The van der Waals surface area contributed by atoms with Gasteiger partial charge in [-0.25, -0.2) is 9.78 Å². The summed E-state index contributed by atoms with van der Waals surface area (Å²) in [6.45, 7) is 4.70. The van der Waals surface area contributed by atoms with Crippen LogP contribution >= 0.6 is 0 Å². The highest BCUT2D eigenvalue weighted by molar-refractivity contribution is 6.02. The van der Waals surface area contributed by atoms with Crippen molar-refractivity contribution in [1.29, 1.82) is 0 Å². The lowest BCUT2D eigenvalue weighted by molar-refractivity contribution is -0.140. The number of methoxy groups -OCH3 is 1. The molecule has 0 saturated heterocycles. The number of rotatable bonds is 7. The second-order valence-corrected chi connectivity index (χ2v) is 13.2. The summed E-state index contributed by atoms with van der Waals surface area (Å²) in [6.07, 6.45) is 7.12. The second-order valence-electron chi connectivity index (χ2n) is 13.2. The van der Waals surface area contributed by atoms with Crippen molar-refractivity contribution >= 4 is 41.0 Å². The molecular weight excluding hydrogens is 600 g/mol. The number of benzene rings is 1. The maximum atomic E-state index is 14.9. The summed E-state index contributed by atoms with van der Waals surface area (Å²) in [5, 5.41) is 9.07. The minimum atomic E-state index is -3.57. The summed E-state index contributed by atoms with van der Waals surface area (Å²) in [7, 11) is 2.78. The van der Waals surface area contributed by atoms with Gasteiger partial charge in [0.1, 0.15) is 17.0 Å². The fourth-order valence-corrected chi connectivity index (χ4v) is 6.29. The predicted molar refractivity (Wildman–Crippen MR) is 169 cm³/mol. The van der Waals surface area contributed by atoms with E-state index in [0.717, 1.165) is 43.4 Å². The normalized spacial score (nSPS) is 21.7. The lowest BCUT2D eigenvalue weighted by atomic mass is 9.91. The zero-order valence-corrected chi connectivity index (χ0v) is 27.0. The van der Waals surface area contributed by atoms with Crippen LogP contribution in [0.5, 0.6) is 5.75 Å². The Bertz CT molecular complexity index is 1450. The van der Waals surface area contributed by atoms with Gasteiger partial charge in [0, 0.05) is 30.7 Å². The number of halogens is 2. The number of carbonyl (C=O) groups is 3. The van der Waals surface area contributed by atoms with Gasteiger partial charge in [0.05, 0.1) is 25.5 Å². The van der Waals surface area contributed by atoms with Gasteiger partial charge in [-0.1, -0.05) is 12.8 Å². The summed E-state index contributed by atoms with van der Waals surface area (Å²) in [5.74, 6) is -4.34. The molecule has 3 amide bonds. The summed E-state index contributed by atoms with van der Waals surface area (Å²) in [4.78, 5) is 49.2.